The predicted molar refractivity (Wildman–Crippen MR) is 68.9 cm³/mol. The van der Waals surface area contributed by atoms with Gasteiger partial charge in [0.05, 0.1) is 13.1 Å². The van der Waals surface area contributed by atoms with Crippen LogP contribution in [0.1, 0.15) is 32.1 Å². The maximum atomic E-state index is 11.3. The zero-order valence-corrected chi connectivity index (χ0v) is 10.9. The van der Waals surface area contributed by atoms with Crippen LogP contribution in [-0.2, 0) is 9.59 Å². The molecular weight excluding hydrogens is 242 g/mol. The van der Waals surface area contributed by atoms with Gasteiger partial charge in [0.1, 0.15) is 0 Å². The van der Waals surface area contributed by atoms with Crippen molar-refractivity contribution in [2.24, 2.45) is 11.7 Å². The minimum absolute atomic E-state index is 0. The molecule has 6 heteroatoms. The normalized spacial score (nSPS) is 15.1. The molecule has 1 aliphatic rings. The third-order valence-electron chi connectivity index (χ3n) is 2.98. The summed E-state index contributed by atoms with van der Waals surface area (Å²) in [4.78, 5) is 22.1. The van der Waals surface area contributed by atoms with Crippen LogP contribution in [0.3, 0.4) is 0 Å². The second kappa shape index (κ2) is 9.24. The number of rotatable bonds is 6. The number of carbonyl (C=O) groups is 2. The van der Waals surface area contributed by atoms with Gasteiger partial charge in [0.15, 0.2) is 0 Å². The van der Waals surface area contributed by atoms with Crippen molar-refractivity contribution in [2.45, 2.75) is 32.1 Å². The van der Waals surface area contributed by atoms with Crippen molar-refractivity contribution in [3.8, 4) is 0 Å². The van der Waals surface area contributed by atoms with Gasteiger partial charge >= 0.3 is 0 Å². The van der Waals surface area contributed by atoms with Gasteiger partial charge in [-0.3, -0.25) is 9.59 Å². The van der Waals surface area contributed by atoms with Crippen LogP contribution >= 0.6 is 12.4 Å². The number of amides is 2. The van der Waals surface area contributed by atoms with Gasteiger partial charge in [-0.05, 0) is 12.3 Å². The minimum atomic E-state index is -0.300. The van der Waals surface area contributed by atoms with Crippen LogP contribution in [0.2, 0.25) is 0 Å². The monoisotopic (exact) mass is 263 g/mol. The highest BCUT2D eigenvalue weighted by Gasteiger charge is 2.14. The molecule has 0 radical (unpaired) electrons. The smallest absolute Gasteiger partial charge is 0.239 e. The molecule has 1 saturated carbocycles. The lowest BCUT2D eigenvalue weighted by Crippen LogP contribution is -2.39. The Morgan fingerprint density at radius 2 is 1.76 bits per heavy atom. The first kappa shape index (κ1) is 16.2. The van der Waals surface area contributed by atoms with E-state index in [2.05, 4.69) is 10.6 Å². The molecule has 0 aliphatic heterocycles. The Bertz CT molecular complexity index is 243. The number of carbonyl (C=O) groups excluding carboxylic acids is 2. The summed E-state index contributed by atoms with van der Waals surface area (Å²) in [7, 11) is 0. The van der Waals surface area contributed by atoms with Crippen molar-refractivity contribution in [2.75, 3.05) is 19.6 Å². The van der Waals surface area contributed by atoms with Crippen LogP contribution in [0, 0.1) is 5.92 Å². The third-order valence-corrected chi connectivity index (χ3v) is 2.98. The number of hydrogen-bond acceptors (Lipinski definition) is 3. The van der Waals surface area contributed by atoms with Crippen molar-refractivity contribution in [3.63, 3.8) is 0 Å². The zero-order chi connectivity index (χ0) is 11.8. The second-order valence-corrected chi connectivity index (χ2v) is 4.27. The second-order valence-electron chi connectivity index (χ2n) is 4.27. The highest BCUT2D eigenvalue weighted by Crippen LogP contribution is 2.26. The first-order valence-electron chi connectivity index (χ1n) is 5.96. The van der Waals surface area contributed by atoms with Crippen LogP contribution in [0.4, 0.5) is 0 Å². The molecule has 0 saturated heterocycles. The number of nitrogens with two attached hydrogens (primary N) is 1. The molecule has 1 aliphatic carbocycles. The summed E-state index contributed by atoms with van der Waals surface area (Å²) < 4.78 is 0. The zero-order valence-electron chi connectivity index (χ0n) is 10.0. The molecule has 0 heterocycles. The largest absolute Gasteiger partial charge is 0.355 e. The highest BCUT2D eigenvalue weighted by atomic mass is 35.5. The van der Waals surface area contributed by atoms with Crippen molar-refractivity contribution in [3.05, 3.63) is 0 Å². The Kier molecular flexibility index (Phi) is 8.80. The first-order valence-corrected chi connectivity index (χ1v) is 5.96. The lowest BCUT2D eigenvalue weighted by atomic mass is 10.0. The van der Waals surface area contributed by atoms with E-state index in [9.17, 15) is 9.59 Å². The van der Waals surface area contributed by atoms with Crippen molar-refractivity contribution in [1.29, 1.82) is 0 Å². The van der Waals surface area contributed by atoms with Crippen molar-refractivity contribution in [1.82, 2.24) is 10.6 Å². The van der Waals surface area contributed by atoms with E-state index >= 15 is 0 Å². The maximum absolute atomic E-state index is 11.3. The fourth-order valence-electron chi connectivity index (χ4n) is 2.03. The van der Waals surface area contributed by atoms with E-state index in [4.69, 9.17) is 5.73 Å². The maximum Gasteiger partial charge on any atom is 0.239 e. The van der Waals surface area contributed by atoms with E-state index in [-0.39, 0.29) is 37.3 Å². The molecule has 1 fully saturated rings. The average molecular weight is 264 g/mol. The van der Waals surface area contributed by atoms with Crippen LogP contribution in [-0.4, -0.2) is 31.4 Å². The Hall–Kier alpha value is -0.810. The first-order chi connectivity index (χ1) is 7.72. The lowest BCUT2D eigenvalue weighted by Gasteiger charge is -2.10. The quantitative estimate of drug-likeness (QED) is 0.639. The number of halogens is 1. The van der Waals surface area contributed by atoms with Gasteiger partial charge in [-0.2, -0.15) is 0 Å². The predicted octanol–water partition coefficient (Wildman–Crippen LogP) is 0.180. The summed E-state index contributed by atoms with van der Waals surface area (Å²) >= 11 is 0. The molecule has 0 spiro atoms. The van der Waals surface area contributed by atoms with Gasteiger partial charge < -0.3 is 16.4 Å². The Labute approximate surface area is 108 Å². The highest BCUT2D eigenvalue weighted by molar-refractivity contribution is 5.85. The molecule has 0 atom stereocenters. The van der Waals surface area contributed by atoms with E-state index in [0.717, 1.165) is 12.3 Å². The Morgan fingerprint density at radius 3 is 2.35 bits per heavy atom. The molecule has 5 nitrogen and oxygen atoms in total. The molecule has 0 aromatic heterocycles. The molecule has 1 rings (SSSR count). The van der Waals surface area contributed by atoms with Crippen LogP contribution in [0.25, 0.3) is 0 Å². The van der Waals surface area contributed by atoms with Gasteiger partial charge in [0.25, 0.3) is 0 Å². The average Bonchev–Trinajstić information content (AvgIpc) is 2.79. The SMILES string of the molecule is Cl.NCC(=O)NCC(=O)NCCC1CCCC1. The Balaban J connectivity index is 0.00000256. The molecular formula is C11H22ClN3O2. The van der Waals surface area contributed by atoms with Crippen LogP contribution < -0.4 is 16.4 Å². The minimum Gasteiger partial charge on any atom is -0.355 e. The van der Waals surface area contributed by atoms with Crippen LogP contribution in [0.15, 0.2) is 0 Å². The summed E-state index contributed by atoms with van der Waals surface area (Å²) in [6.07, 6.45) is 6.28. The van der Waals surface area contributed by atoms with E-state index < -0.39 is 0 Å². The lowest BCUT2D eigenvalue weighted by molar-refractivity contribution is -0.125. The summed E-state index contributed by atoms with van der Waals surface area (Å²) in [5.41, 5.74) is 5.10. The number of nitrogens with one attached hydrogen (secondary N) is 2. The standard InChI is InChI=1S/C11H21N3O2.ClH/c12-7-10(15)14-8-11(16)13-6-5-9-3-1-2-4-9;/h9H,1-8,12H2,(H,13,16)(H,14,15);1H. The molecule has 0 unspecified atom stereocenters. The summed E-state index contributed by atoms with van der Waals surface area (Å²) in [5.74, 6) is 0.338. The summed E-state index contributed by atoms with van der Waals surface area (Å²) in [5, 5.41) is 5.23. The molecule has 0 aromatic carbocycles. The van der Waals surface area contributed by atoms with Crippen molar-refractivity contribution >= 4 is 24.2 Å². The molecule has 100 valence electrons. The van der Waals surface area contributed by atoms with E-state index in [0.29, 0.717) is 6.54 Å². The van der Waals surface area contributed by atoms with E-state index in [1.165, 1.54) is 25.7 Å². The van der Waals surface area contributed by atoms with Gasteiger partial charge in [-0.1, -0.05) is 25.7 Å². The van der Waals surface area contributed by atoms with Gasteiger partial charge in [-0.25, -0.2) is 0 Å². The fourth-order valence-corrected chi connectivity index (χ4v) is 2.03. The van der Waals surface area contributed by atoms with Gasteiger partial charge in [0.2, 0.25) is 11.8 Å². The van der Waals surface area contributed by atoms with Gasteiger partial charge in [0, 0.05) is 6.54 Å². The fraction of sp³-hybridized carbons (Fsp3) is 0.818. The Morgan fingerprint density at radius 1 is 1.12 bits per heavy atom. The van der Waals surface area contributed by atoms with Crippen molar-refractivity contribution < 1.29 is 9.59 Å². The van der Waals surface area contributed by atoms with Gasteiger partial charge in [-0.15, -0.1) is 12.4 Å². The summed E-state index contributed by atoms with van der Waals surface area (Å²) in [6, 6.07) is 0. The summed E-state index contributed by atoms with van der Waals surface area (Å²) in [6.45, 7) is 0.665. The molecule has 17 heavy (non-hydrogen) atoms. The molecule has 4 N–H and O–H groups in total. The third kappa shape index (κ3) is 7.18. The topological polar surface area (TPSA) is 84.2 Å². The van der Waals surface area contributed by atoms with E-state index in [1.54, 1.807) is 0 Å². The van der Waals surface area contributed by atoms with Crippen LogP contribution in [0.5, 0.6) is 0 Å². The molecule has 0 aromatic rings. The molecule has 0 bridgehead atoms. The van der Waals surface area contributed by atoms with E-state index in [1.807, 2.05) is 0 Å². The molecule has 2 amide bonds. The number of hydrogen-bond donors (Lipinski definition) is 3.